The molecule has 8 atom stereocenters. The number of ether oxygens (including phenoxy) is 2. The van der Waals surface area contributed by atoms with Gasteiger partial charge in [0.25, 0.3) is 0 Å². The predicted molar refractivity (Wildman–Crippen MR) is 281 cm³/mol. The van der Waals surface area contributed by atoms with Crippen molar-refractivity contribution in [3.63, 3.8) is 0 Å². The fourth-order valence-corrected chi connectivity index (χ4v) is 13.0. The first-order valence-electron chi connectivity index (χ1n) is 26.7. The molecule has 0 aliphatic carbocycles. The SMILES string of the molecule is CCCCOP(=O)(O)OC(COCC(CCC)(CCC)CCC)COP(=O)(O)OCC(C)(COP(=O)(O)OCCCCCCO)COP(=O)(O)OC(COCC(CCC)(CCC)CCC)OP(=O)(O)OCCCC. The van der Waals surface area contributed by atoms with Gasteiger partial charge in [-0.2, -0.15) is 0 Å². The maximum Gasteiger partial charge on any atom is 0.474 e. The minimum atomic E-state index is -5.37. The number of hydrogen-bond donors (Lipinski definition) is 6. The minimum Gasteiger partial charge on any atom is -0.396 e. The molecule has 6 N–H and O–H groups in total. The van der Waals surface area contributed by atoms with E-state index in [1.807, 2.05) is 34.6 Å². The van der Waals surface area contributed by atoms with Crippen LogP contribution in [0.3, 0.4) is 0 Å². The van der Waals surface area contributed by atoms with Crippen molar-refractivity contribution >= 4 is 39.1 Å². The van der Waals surface area contributed by atoms with E-state index in [9.17, 15) is 47.3 Å². The van der Waals surface area contributed by atoms with Crippen molar-refractivity contribution in [2.24, 2.45) is 16.2 Å². The number of phosphoric ester groups is 5. The van der Waals surface area contributed by atoms with Crippen LogP contribution >= 0.6 is 39.1 Å². The summed E-state index contributed by atoms with van der Waals surface area (Å²) in [5.74, 6) is 0. The molecule has 0 fully saturated rings. The molecule has 0 spiro atoms. The summed E-state index contributed by atoms with van der Waals surface area (Å²) in [5, 5.41) is 9.04. The highest BCUT2D eigenvalue weighted by Gasteiger charge is 2.41. The largest absolute Gasteiger partial charge is 0.474 e. The number of aliphatic hydroxyl groups excluding tert-OH is 1. The molecule has 0 bridgehead atoms. The minimum absolute atomic E-state index is 0.0166. The summed E-state index contributed by atoms with van der Waals surface area (Å²) >= 11 is 0. The van der Waals surface area contributed by atoms with Crippen molar-refractivity contribution in [3.8, 4) is 0 Å². The maximum absolute atomic E-state index is 13.7. The zero-order chi connectivity index (χ0) is 56.3. The van der Waals surface area contributed by atoms with Crippen molar-refractivity contribution in [1.82, 2.24) is 0 Å². The first-order chi connectivity index (χ1) is 34.7. The van der Waals surface area contributed by atoms with Crippen LogP contribution in [0.4, 0.5) is 0 Å². The van der Waals surface area contributed by atoms with Crippen molar-refractivity contribution in [2.45, 2.75) is 203 Å². The molecule has 0 aliphatic heterocycles. The molecule has 8 unspecified atom stereocenters. The molecule has 74 heavy (non-hydrogen) atoms. The van der Waals surface area contributed by atoms with E-state index < -0.39 is 90.0 Å². The molecule has 0 saturated carbocycles. The standard InChI is InChI=1S/C46H99O23P5/c1-10-18-31-61-72(52,53)67-42(34-58-40-45(24-12-3,25-13-4)26-14-5)35-63-71(50,51)65-38-44(9,37-64-70(48,49)60-33-23-21-20-22-30-47)39-66-74(56,57)69-43(68-73(54,55)62-32-19-11-2)36-59-41-46(27-15-6,28-16-7)29-17-8/h42-43,47H,10-41H2,1-9H3,(H,48,49)(H,50,51)(H,52,53)(H,54,55)(H,56,57). The number of hydrogen-bond acceptors (Lipinski definition) is 18. The van der Waals surface area contributed by atoms with Gasteiger partial charge >= 0.3 is 39.1 Å². The Hall–Kier alpha value is 0.430. The molecule has 0 rings (SSSR count). The quantitative estimate of drug-likeness (QED) is 0.0187. The zero-order valence-corrected chi connectivity index (χ0v) is 50.6. The van der Waals surface area contributed by atoms with E-state index in [0.29, 0.717) is 51.4 Å². The van der Waals surface area contributed by atoms with Gasteiger partial charge in [0, 0.05) is 12.0 Å². The van der Waals surface area contributed by atoms with Crippen molar-refractivity contribution in [3.05, 3.63) is 0 Å². The van der Waals surface area contributed by atoms with Gasteiger partial charge in [-0.1, -0.05) is 127 Å². The van der Waals surface area contributed by atoms with E-state index in [-0.39, 0.29) is 57.1 Å². The third kappa shape index (κ3) is 35.9. The monoisotopic (exact) mass is 1170 g/mol. The van der Waals surface area contributed by atoms with E-state index in [1.54, 1.807) is 0 Å². The Kier molecular flexibility index (Phi) is 40.0. The summed E-state index contributed by atoms with van der Waals surface area (Å²) in [4.78, 5) is 53.7. The van der Waals surface area contributed by atoms with Gasteiger partial charge in [0.05, 0.1) is 72.7 Å². The molecule has 28 heteroatoms. The van der Waals surface area contributed by atoms with E-state index in [2.05, 4.69) is 20.8 Å². The van der Waals surface area contributed by atoms with Gasteiger partial charge in [0.1, 0.15) is 6.10 Å². The van der Waals surface area contributed by atoms with Crippen LogP contribution in [0.25, 0.3) is 0 Å². The molecule has 446 valence electrons. The lowest BCUT2D eigenvalue weighted by Crippen LogP contribution is -2.34. The lowest BCUT2D eigenvalue weighted by molar-refractivity contribution is -0.106. The number of phosphoric acid groups is 5. The van der Waals surface area contributed by atoms with E-state index in [0.717, 1.165) is 77.0 Å². The third-order valence-corrected chi connectivity index (χ3v) is 16.7. The van der Waals surface area contributed by atoms with Crippen LogP contribution in [0.15, 0.2) is 0 Å². The molecular formula is C46H99O23P5. The first-order valence-corrected chi connectivity index (χ1v) is 34.2. The fraction of sp³-hybridized carbons (Fsp3) is 1.00. The molecule has 0 aromatic heterocycles. The van der Waals surface area contributed by atoms with Gasteiger partial charge in [0.2, 0.25) is 6.29 Å². The average Bonchev–Trinajstić information content (AvgIpc) is 3.30. The van der Waals surface area contributed by atoms with Gasteiger partial charge in [-0.05, 0) is 75.0 Å². The smallest absolute Gasteiger partial charge is 0.396 e. The van der Waals surface area contributed by atoms with Gasteiger partial charge in [-0.15, -0.1) is 0 Å². The first kappa shape index (κ1) is 74.4. The number of aliphatic hydroxyl groups is 1. The Balaban J connectivity index is 6.67. The van der Waals surface area contributed by atoms with Crippen molar-refractivity contribution in [2.75, 3.05) is 79.3 Å². The molecule has 23 nitrogen and oxygen atoms in total. The van der Waals surface area contributed by atoms with Crippen LogP contribution in [0.2, 0.25) is 0 Å². The fourth-order valence-electron chi connectivity index (χ4n) is 8.39. The summed E-state index contributed by atoms with van der Waals surface area (Å²) in [5.41, 5.74) is -2.33. The number of rotatable bonds is 53. The molecular weight excluding hydrogens is 1080 g/mol. The highest BCUT2D eigenvalue weighted by molar-refractivity contribution is 7.48. The lowest BCUT2D eigenvalue weighted by atomic mass is 9.76. The summed E-state index contributed by atoms with van der Waals surface area (Å²) in [7, 11) is -25.1. The Morgan fingerprint density at radius 3 is 1.15 bits per heavy atom. The predicted octanol–water partition coefficient (Wildman–Crippen LogP) is 12.3. The zero-order valence-electron chi connectivity index (χ0n) is 46.1. The second kappa shape index (κ2) is 39.8. The van der Waals surface area contributed by atoms with Crippen LogP contribution < -0.4 is 0 Å². The molecule has 0 aromatic carbocycles. The van der Waals surface area contributed by atoms with Crippen LogP contribution in [0.5, 0.6) is 0 Å². The van der Waals surface area contributed by atoms with E-state index in [4.69, 9.17) is 59.8 Å². The van der Waals surface area contributed by atoms with Crippen molar-refractivity contribution < 1.29 is 107 Å². The molecule has 0 radical (unpaired) electrons. The van der Waals surface area contributed by atoms with Crippen LogP contribution in [0.1, 0.15) is 191 Å². The molecule has 0 saturated heterocycles. The average molecular weight is 1180 g/mol. The second-order valence-electron chi connectivity index (χ2n) is 19.5. The molecule has 0 heterocycles. The Labute approximate surface area is 443 Å². The molecule has 0 aliphatic rings. The summed E-state index contributed by atoms with van der Waals surface area (Å²) in [6, 6.07) is 0. The highest BCUT2D eigenvalue weighted by atomic mass is 31.2. The maximum atomic E-state index is 13.7. The molecule has 0 amide bonds. The topological polar surface area (TPSA) is 317 Å². The number of unbranched alkanes of at least 4 members (excludes halogenated alkanes) is 5. The summed E-state index contributed by atoms with van der Waals surface area (Å²) in [6.07, 6.45) is 11.0. The summed E-state index contributed by atoms with van der Waals surface area (Å²) < 4.78 is 130. The van der Waals surface area contributed by atoms with Gasteiger partial charge < -0.3 is 39.0 Å². The van der Waals surface area contributed by atoms with Crippen LogP contribution in [0, 0.1) is 16.2 Å². The Morgan fingerprint density at radius 1 is 0.378 bits per heavy atom. The highest BCUT2D eigenvalue weighted by Crippen LogP contribution is 2.54. The third-order valence-electron chi connectivity index (χ3n) is 11.8. The molecule has 0 aromatic rings. The summed E-state index contributed by atoms with van der Waals surface area (Å²) in [6.45, 7) is 12.6. The van der Waals surface area contributed by atoms with E-state index in [1.165, 1.54) is 6.92 Å². The Morgan fingerprint density at radius 2 is 0.730 bits per heavy atom. The van der Waals surface area contributed by atoms with Gasteiger partial charge in [0.15, 0.2) is 0 Å². The second-order valence-corrected chi connectivity index (χ2v) is 26.6. The van der Waals surface area contributed by atoms with Gasteiger partial charge in [-0.3, -0.25) is 45.2 Å². The van der Waals surface area contributed by atoms with E-state index >= 15 is 0 Å². The van der Waals surface area contributed by atoms with Crippen molar-refractivity contribution in [1.29, 1.82) is 0 Å². The van der Waals surface area contributed by atoms with Gasteiger partial charge in [-0.25, -0.2) is 22.8 Å². The normalized spacial score (nSPS) is 18.4. The Bertz CT molecular complexity index is 1650. The van der Waals surface area contributed by atoms with Crippen LogP contribution in [-0.2, 0) is 77.5 Å². The lowest BCUT2D eigenvalue weighted by Gasteiger charge is -2.34. The van der Waals surface area contributed by atoms with Crippen LogP contribution in [-0.4, -0.2) is 121 Å².